The van der Waals surface area contributed by atoms with Crippen LogP contribution in [0.5, 0.6) is 0 Å². The molecule has 2 aromatic heterocycles. The molecule has 9 heteroatoms. The van der Waals surface area contributed by atoms with Gasteiger partial charge in [0.05, 0.1) is 11.1 Å². The van der Waals surface area contributed by atoms with Gasteiger partial charge in [-0.15, -0.1) is 0 Å². The van der Waals surface area contributed by atoms with Gasteiger partial charge in [0.1, 0.15) is 4.90 Å². The van der Waals surface area contributed by atoms with Crippen LogP contribution in [-0.4, -0.2) is 29.2 Å². The fourth-order valence-electron chi connectivity index (χ4n) is 2.55. The van der Waals surface area contributed by atoms with Crippen LogP contribution in [0, 0.1) is 0 Å². The second-order valence-electron chi connectivity index (χ2n) is 6.14. The number of aryl methyl sites for hydroxylation is 1. The van der Waals surface area contributed by atoms with E-state index in [2.05, 4.69) is 20.7 Å². The van der Waals surface area contributed by atoms with Crippen LogP contribution in [0.3, 0.4) is 0 Å². The number of nitrogens with zero attached hydrogens (tertiary/aromatic N) is 3. The first-order valence-electron chi connectivity index (χ1n) is 8.80. The zero-order valence-electron chi connectivity index (χ0n) is 15.4. The summed E-state index contributed by atoms with van der Waals surface area (Å²) in [5.74, 6) is 0. The van der Waals surface area contributed by atoms with Crippen molar-refractivity contribution in [2.24, 2.45) is 0 Å². The molecule has 146 valence electrons. The zero-order valence-corrected chi connectivity index (χ0v) is 16.2. The van der Waals surface area contributed by atoms with E-state index in [-0.39, 0.29) is 15.8 Å². The Morgan fingerprint density at radius 2 is 1.89 bits per heavy atom. The Labute approximate surface area is 163 Å². The highest BCUT2D eigenvalue weighted by atomic mass is 32.2. The molecule has 0 aliphatic heterocycles. The van der Waals surface area contributed by atoms with Gasteiger partial charge in [-0.1, -0.05) is 13.0 Å². The molecule has 3 rings (SSSR count). The van der Waals surface area contributed by atoms with Gasteiger partial charge >= 0.3 is 6.03 Å². The molecule has 0 saturated heterocycles. The van der Waals surface area contributed by atoms with E-state index in [1.807, 2.05) is 13.0 Å². The number of hydrogen-bond acceptors (Lipinski definition) is 5. The highest BCUT2D eigenvalue weighted by Crippen LogP contribution is 2.22. The van der Waals surface area contributed by atoms with Crippen LogP contribution in [0.4, 0.5) is 10.5 Å². The third-order valence-corrected chi connectivity index (χ3v) is 5.70. The first kappa shape index (κ1) is 19.6. The fraction of sp³-hybridized carbons (Fsp3) is 0.211. The van der Waals surface area contributed by atoms with Gasteiger partial charge in [0, 0.05) is 37.4 Å². The summed E-state index contributed by atoms with van der Waals surface area (Å²) in [6.07, 6.45) is 7.07. The molecule has 2 N–H and O–H groups in total. The number of hydrogen-bond donors (Lipinski definition) is 2. The van der Waals surface area contributed by atoms with Crippen molar-refractivity contribution < 1.29 is 13.2 Å². The monoisotopic (exact) mass is 399 g/mol. The number of nitrogens with one attached hydrogen (secondary N) is 2. The number of carbonyl (C=O) groups excluding carboxylic acids is 1. The summed E-state index contributed by atoms with van der Waals surface area (Å²) in [4.78, 5) is 16.3. The summed E-state index contributed by atoms with van der Waals surface area (Å²) in [7, 11) is -3.65. The number of benzene rings is 1. The first-order chi connectivity index (χ1) is 13.5. The summed E-state index contributed by atoms with van der Waals surface area (Å²) < 4.78 is 27.0. The number of rotatable bonds is 7. The van der Waals surface area contributed by atoms with Crippen molar-refractivity contribution in [3.63, 3.8) is 0 Å². The molecule has 8 nitrogen and oxygen atoms in total. The molecule has 0 bridgehead atoms. The van der Waals surface area contributed by atoms with Gasteiger partial charge in [0.2, 0.25) is 9.84 Å². The predicted molar refractivity (Wildman–Crippen MR) is 105 cm³/mol. The Bertz CT molecular complexity index is 1030. The highest BCUT2D eigenvalue weighted by molar-refractivity contribution is 7.91. The lowest BCUT2D eigenvalue weighted by molar-refractivity contribution is 0.251. The molecule has 0 radical (unpaired) electrons. The average molecular weight is 399 g/mol. The van der Waals surface area contributed by atoms with Gasteiger partial charge < -0.3 is 10.6 Å². The molecular formula is C19H21N5O3S. The van der Waals surface area contributed by atoms with Gasteiger partial charge in [0.25, 0.3) is 0 Å². The maximum Gasteiger partial charge on any atom is 0.319 e. The van der Waals surface area contributed by atoms with Gasteiger partial charge in [-0.2, -0.15) is 5.10 Å². The van der Waals surface area contributed by atoms with E-state index < -0.39 is 9.84 Å². The lowest BCUT2D eigenvalue weighted by Crippen LogP contribution is -2.28. The summed E-state index contributed by atoms with van der Waals surface area (Å²) >= 11 is 0. The molecule has 1 aromatic carbocycles. The lowest BCUT2D eigenvalue weighted by Gasteiger charge is -2.08. The zero-order chi connectivity index (χ0) is 20.0. The standard InChI is InChI=1S/C19H21N5O3S/c1-2-10-24-14-18(13-22-24)28(26,27)17-7-5-16(6-8-17)23-19(25)21-12-15-4-3-9-20-11-15/h3-9,11,13-14H,2,10,12H2,1H3,(H2,21,23,25). The highest BCUT2D eigenvalue weighted by Gasteiger charge is 2.19. The number of amides is 2. The number of carbonyl (C=O) groups is 1. The van der Waals surface area contributed by atoms with Gasteiger partial charge in [-0.3, -0.25) is 9.67 Å². The van der Waals surface area contributed by atoms with Crippen LogP contribution in [0.1, 0.15) is 18.9 Å². The third-order valence-electron chi connectivity index (χ3n) is 3.97. The molecule has 28 heavy (non-hydrogen) atoms. The number of pyridine rings is 1. The Hall–Kier alpha value is -3.20. The molecule has 0 fully saturated rings. The molecule has 3 aromatic rings. The van der Waals surface area contributed by atoms with Gasteiger partial charge in [-0.05, 0) is 42.3 Å². The molecule has 0 atom stereocenters. The average Bonchev–Trinajstić information content (AvgIpc) is 3.18. The van der Waals surface area contributed by atoms with Crippen molar-refractivity contribution in [1.29, 1.82) is 0 Å². The van der Waals surface area contributed by atoms with Crippen LogP contribution in [0.25, 0.3) is 0 Å². The molecule has 2 heterocycles. The Kier molecular flexibility index (Phi) is 6.05. The van der Waals surface area contributed by atoms with E-state index in [0.29, 0.717) is 18.8 Å². The second-order valence-corrected chi connectivity index (χ2v) is 8.09. The van der Waals surface area contributed by atoms with Gasteiger partial charge in [0.15, 0.2) is 0 Å². The quantitative estimate of drug-likeness (QED) is 0.635. The minimum atomic E-state index is -3.65. The number of urea groups is 1. The lowest BCUT2D eigenvalue weighted by atomic mass is 10.3. The Morgan fingerprint density at radius 1 is 1.11 bits per heavy atom. The van der Waals surface area contributed by atoms with Crippen LogP contribution >= 0.6 is 0 Å². The van der Waals surface area contributed by atoms with Crippen molar-refractivity contribution in [3.05, 3.63) is 66.7 Å². The van der Waals surface area contributed by atoms with Crippen molar-refractivity contribution in [2.45, 2.75) is 36.2 Å². The first-order valence-corrected chi connectivity index (χ1v) is 10.3. The van der Waals surface area contributed by atoms with E-state index in [0.717, 1.165) is 12.0 Å². The van der Waals surface area contributed by atoms with Crippen LogP contribution in [0.15, 0.2) is 71.0 Å². The fourth-order valence-corrected chi connectivity index (χ4v) is 3.76. The van der Waals surface area contributed by atoms with E-state index >= 15 is 0 Å². The minimum Gasteiger partial charge on any atom is -0.334 e. The summed E-state index contributed by atoms with van der Waals surface area (Å²) in [6, 6.07) is 9.28. The smallest absolute Gasteiger partial charge is 0.319 e. The third kappa shape index (κ3) is 4.74. The summed E-state index contributed by atoms with van der Waals surface area (Å²) in [6.45, 7) is 2.99. The van der Waals surface area contributed by atoms with Crippen LogP contribution < -0.4 is 10.6 Å². The van der Waals surface area contributed by atoms with E-state index in [1.165, 1.54) is 24.5 Å². The van der Waals surface area contributed by atoms with E-state index in [4.69, 9.17) is 0 Å². The summed E-state index contributed by atoms with van der Waals surface area (Å²) in [5, 5.41) is 9.45. The van der Waals surface area contributed by atoms with E-state index in [1.54, 1.807) is 35.3 Å². The van der Waals surface area contributed by atoms with Crippen LogP contribution in [0.2, 0.25) is 0 Å². The van der Waals surface area contributed by atoms with Crippen molar-refractivity contribution in [2.75, 3.05) is 5.32 Å². The predicted octanol–water partition coefficient (Wildman–Crippen LogP) is 2.84. The number of sulfone groups is 1. The van der Waals surface area contributed by atoms with Crippen LogP contribution in [-0.2, 0) is 22.9 Å². The Morgan fingerprint density at radius 3 is 2.57 bits per heavy atom. The molecule has 0 spiro atoms. The summed E-state index contributed by atoms with van der Waals surface area (Å²) in [5.41, 5.74) is 1.37. The van der Waals surface area contributed by atoms with Gasteiger partial charge in [-0.25, -0.2) is 13.2 Å². The minimum absolute atomic E-state index is 0.143. The molecular weight excluding hydrogens is 378 g/mol. The maximum atomic E-state index is 12.7. The molecule has 0 saturated carbocycles. The molecule has 0 aliphatic carbocycles. The Balaban J connectivity index is 1.63. The largest absolute Gasteiger partial charge is 0.334 e. The SMILES string of the molecule is CCCn1cc(S(=O)(=O)c2ccc(NC(=O)NCc3cccnc3)cc2)cn1. The normalized spacial score (nSPS) is 11.2. The van der Waals surface area contributed by atoms with Crippen molar-refractivity contribution in [3.8, 4) is 0 Å². The second kappa shape index (κ2) is 8.66. The molecule has 0 aliphatic rings. The van der Waals surface area contributed by atoms with E-state index in [9.17, 15) is 13.2 Å². The number of aromatic nitrogens is 3. The van der Waals surface area contributed by atoms with Crippen molar-refractivity contribution >= 4 is 21.6 Å². The topological polar surface area (TPSA) is 106 Å². The number of anilines is 1. The molecule has 2 amide bonds. The van der Waals surface area contributed by atoms with Crippen molar-refractivity contribution in [1.82, 2.24) is 20.1 Å². The molecule has 0 unspecified atom stereocenters. The maximum absolute atomic E-state index is 12.7.